The quantitative estimate of drug-likeness (QED) is 0.803. The lowest BCUT2D eigenvalue weighted by Crippen LogP contribution is -2.31. The highest BCUT2D eigenvalue weighted by Crippen LogP contribution is 2.19. The van der Waals surface area contributed by atoms with Crippen LogP contribution in [0.4, 0.5) is 18.9 Å². The fourth-order valence-electron chi connectivity index (χ4n) is 1.27. The van der Waals surface area contributed by atoms with E-state index in [-0.39, 0.29) is 4.47 Å². The van der Waals surface area contributed by atoms with E-state index in [0.29, 0.717) is 30.1 Å². The molecule has 0 spiro atoms. The fraction of sp³-hybridized carbons (Fsp3) is 0.600. The molecule has 0 aliphatic carbocycles. The number of aromatic nitrogens is 2. The van der Waals surface area contributed by atoms with Gasteiger partial charge >= 0.3 is 6.18 Å². The molecule has 0 bridgehead atoms. The van der Waals surface area contributed by atoms with E-state index in [0.717, 1.165) is 0 Å². The number of rotatable bonds is 6. The average Bonchev–Trinajstić information content (AvgIpc) is 2.31. The predicted octanol–water partition coefficient (Wildman–Crippen LogP) is 2.02. The number of halogens is 4. The Morgan fingerprint density at radius 2 is 2.21 bits per heavy atom. The second-order valence-electron chi connectivity index (χ2n) is 3.57. The molecule has 0 aliphatic rings. The van der Waals surface area contributed by atoms with Crippen LogP contribution < -0.4 is 10.9 Å². The number of hydrogen-bond donors (Lipinski definition) is 1. The van der Waals surface area contributed by atoms with Gasteiger partial charge in [0.05, 0.1) is 18.5 Å². The van der Waals surface area contributed by atoms with Crippen LogP contribution in [0.1, 0.15) is 6.92 Å². The third-order valence-electron chi connectivity index (χ3n) is 2.08. The minimum absolute atomic E-state index is 0.0169. The molecule has 19 heavy (non-hydrogen) atoms. The van der Waals surface area contributed by atoms with Gasteiger partial charge in [-0.2, -0.15) is 18.3 Å². The summed E-state index contributed by atoms with van der Waals surface area (Å²) in [6.45, 7) is 1.85. The highest BCUT2D eigenvalue weighted by Gasteiger charge is 2.29. The Balaban J connectivity index is 2.77. The lowest BCUT2D eigenvalue weighted by molar-refractivity contribution is -0.143. The van der Waals surface area contributed by atoms with Crippen molar-refractivity contribution in [3.63, 3.8) is 0 Å². The van der Waals surface area contributed by atoms with Crippen molar-refractivity contribution >= 4 is 21.6 Å². The first-order valence-electron chi connectivity index (χ1n) is 5.49. The summed E-state index contributed by atoms with van der Waals surface area (Å²) in [5.74, 6) is 0. The van der Waals surface area contributed by atoms with Gasteiger partial charge in [-0.15, -0.1) is 0 Å². The zero-order valence-electron chi connectivity index (χ0n) is 10.1. The molecule has 1 aromatic heterocycles. The molecule has 0 atom stereocenters. The first-order chi connectivity index (χ1) is 8.85. The van der Waals surface area contributed by atoms with E-state index in [1.807, 2.05) is 6.92 Å². The zero-order chi connectivity index (χ0) is 14.5. The van der Waals surface area contributed by atoms with Crippen molar-refractivity contribution in [1.82, 2.24) is 9.78 Å². The summed E-state index contributed by atoms with van der Waals surface area (Å²) in [7, 11) is 0. The van der Waals surface area contributed by atoms with Crippen molar-refractivity contribution in [1.29, 1.82) is 0 Å². The van der Waals surface area contributed by atoms with Gasteiger partial charge in [-0.1, -0.05) is 0 Å². The van der Waals surface area contributed by atoms with Gasteiger partial charge in [-0.3, -0.25) is 4.79 Å². The minimum Gasteiger partial charge on any atom is -0.380 e. The standard InChI is InChI=1S/C10H13BrF3N3O2/c1-2-19-4-3-15-7-5-16-17(6-10(12,13)14)9(18)8(7)11/h5,15H,2-4,6H2,1H3. The number of nitrogens with zero attached hydrogens (tertiary/aromatic N) is 2. The molecule has 0 radical (unpaired) electrons. The smallest absolute Gasteiger partial charge is 0.380 e. The zero-order valence-corrected chi connectivity index (χ0v) is 11.7. The molecule has 0 fully saturated rings. The van der Waals surface area contributed by atoms with Crippen molar-refractivity contribution in [2.24, 2.45) is 0 Å². The van der Waals surface area contributed by atoms with Crippen LogP contribution in [0.15, 0.2) is 15.5 Å². The molecule has 0 aliphatic heterocycles. The van der Waals surface area contributed by atoms with Crippen LogP contribution in [0.2, 0.25) is 0 Å². The Labute approximate surface area is 115 Å². The number of nitrogens with one attached hydrogen (secondary N) is 1. The van der Waals surface area contributed by atoms with Gasteiger partial charge in [-0.05, 0) is 22.9 Å². The van der Waals surface area contributed by atoms with Crippen molar-refractivity contribution in [2.75, 3.05) is 25.1 Å². The lowest BCUT2D eigenvalue weighted by Gasteiger charge is -2.11. The molecule has 9 heteroatoms. The Kier molecular flexibility index (Phi) is 5.80. The van der Waals surface area contributed by atoms with Crippen molar-refractivity contribution in [3.8, 4) is 0 Å². The van der Waals surface area contributed by atoms with Crippen LogP contribution in [-0.4, -0.2) is 35.7 Å². The molecule has 0 saturated heterocycles. The number of alkyl halides is 3. The summed E-state index contributed by atoms with van der Waals surface area (Å²) < 4.78 is 42.0. The summed E-state index contributed by atoms with van der Waals surface area (Å²) in [6.07, 6.45) is -3.32. The van der Waals surface area contributed by atoms with Crippen LogP contribution in [0.25, 0.3) is 0 Å². The Morgan fingerprint density at radius 3 is 2.79 bits per heavy atom. The summed E-state index contributed by atoms with van der Waals surface area (Å²) in [5, 5.41) is 6.32. The summed E-state index contributed by atoms with van der Waals surface area (Å²) >= 11 is 2.96. The van der Waals surface area contributed by atoms with E-state index >= 15 is 0 Å². The summed E-state index contributed by atoms with van der Waals surface area (Å²) in [5.41, 5.74) is -0.498. The lowest BCUT2D eigenvalue weighted by atomic mass is 10.4. The molecule has 0 amide bonds. The molecule has 1 heterocycles. The Hall–Kier alpha value is -1.09. The molecule has 5 nitrogen and oxygen atoms in total. The third-order valence-corrected chi connectivity index (χ3v) is 2.85. The van der Waals surface area contributed by atoms with Crippen LogP contribution in [0.3, 0.4) is 0 Å². The van der Waals surface area contributed by atoms with Crippen LogP contribution in [-0.2, 0) is 11.3 Å². The monoisotopic (exact) mass is 343 g/mol. The molecular formula is C10H13BrF3N3O2. The maximum absolute atomic E-state index is 12.2. The van der Waals surface area contributed by atoms with Crippen molar-refractivity contribution < 1.29 is 17.9 Å². The minimum atomic E-state index is -4.49. The van der Waals surface area contributed by atoms with Crippen LogP contribution in [0.5, 0.6) is 0 Å². The topological polar surface area (TPSA) is 56.1 Å². The number of hydrogen-bond acceptors (Lipinski definition) is 4. The first kappa shape index (κ1) is 16.0. The molecule has 0 saturated carbocycles. The van der Waals surface area contributed by atoms with Crippen LogP contribution >= 0.6 is 15.9 Å². The van der Waals surface area contributed by atoms with E-state index in [9.17, 15) is 18.0 Å². The van der Waals surface area contributed by atoms with Crippen molar-refractivity contribution in [2.45, 2.75) is 19.6 Å². The predicted molar refractivity (Wildman–Crippen MR) is 67.2 cm³/mol. The van der Waals surface area contributed by atoms with Gasteiger partial charge in [0.1, 0.15) is 11.0 Å². The first-order valence-corrected chi connectivity index (χ1v) is 6.28. The second-order valence-corrected chi connectivity index (χ2v) is 4.37. The van der Waals surface area contributed by atoms with Gasteiger partial charge in [0.25, 0.3) is 5.56 Å². The highest BCUT2D eigenvalue weighted by molar-refractivity contribution is 9.10. The molecule has 1 N–H and O–H groups in total. The molecular weight excluding hydrogens is 331 g/mol. The maximum Gasteiger partial charge on any atom is 0.408 e. The average molecular weight is 344 g/mol. The second kappa shape index (κ2) is 6.90. The van der Waals surface area contributed by atoms with Gasteiger partial charge < -0.3 is 10.1 Å². The number of anilines is 1. The summed E-state index contributed by atoms with van der Waals surface area (Å²) in [6, 6.07) is 0. The van der Waals surface area contributed by atoms with Gasteiger partial charge in [0.15, 0.2) is 0 Å². The van der Waals surface area contributed by atoms with E-state index < -0.39 is 18.3 Å². The molecule has 1 aromatic rings. The van der Waals surface area contributed by atoms with E-state index in [2.05, 4.69) is 26.3 Å². The van der Waals surface area contributed by atoms with Gasteiger partial charge in [0.2, 0.25) is 0 Å². The van der Waals surface area contributed by atoms with E-state index in [4.69, 9.17) is 4.74 Å². The Morgan fingerprint density at radius 1 is 1.53 bits per heavy atom. The maximum atomic E-state index is 12.2. The third kappa shape index (κ3) is 5.19. The van der Waals surface area contributed by atoms with Gasteiger partial charge in [-0.25, -0.2) is 4.68 Å². The number of ether oxygens (including phenoxy) is 1. The van der Waals surface area contributed by atoms with Gasteiger partial charge in [0, 0.05) is 13.2 Å². The molecule has 0 aromatic carbocycles. The summed E-state index contributed by atoms with van der Waals surface area (Å²) in [4.78, 5) is 11.6. The highest BCUT2D eigenvalue weighted by atomic mass is 79.9. The van der Waals surface area contributed by atoms with E-state index in [1.54, 1.807) is 0 Å². The molecule has 0 unspecified atom stereocenters. The van der Waals surface area contributed by atoms with Crippen LogP contribution in [0, 0.1) is 0 Å². The largest absolute Gasteiger partial charge is 0.408 e. The SMILES string of the molecule is CCOCCNc1cnn(CC(F)(F)F)c(=O)c1Br. The van der Waals surface area contributed by atoms with Crippen molar-refractivity contribution in [3.05, 3.63) is 21.0 Å². The molecule has 1 rings (SSSR count). The van der Waals surface area contributed by atoms with E-state index in [1.165, 1.54) is 6.20 Å². The molecule has 108 valence electrons. The Bertz CT molecular complexity index is 476. The fourth-order valence-corrected chi connectivity index (χ4v) is 1.72. The normalized spacial score (nSPS) is 11.6.